The molecule has 6 heteroatoms. The van der Waals surface area contributed by atoms with Gasteiger partial charge in [0.1, 0.15) is 0 Å². The van der Waals surface area contributed by atoms with Crippen LogP contribution in [0.2, 0.25) is 0 Å². The minimum absolute atomic E-state index is 0.0379. The van der Waals surface area contributed by atoms with Crippen LogP contribution in [0.15, 0.2) is 77.8 Å². The molecule has 0 amide bonds. The fourth-order valence-electron chi connectivity index (χ4n) is 5.26. The highest BCUT2D eigenvalue weighted by atomic mass is 32.1. The van der Waals surface area contributed by atoms with Crippen LogP contribution in [0.25, 0.3) is 27.9 Å². The van der Waals surface area contributed by atoms with E-state index in [1.807, 2.05) is 0 Å². The number of thiocarbonyl (C=S) groups is 1. The van der Waals surface area contributed by atoms with E-state index in [-0.39, 0.29) is 6.04 Å². The van der Waals surface area contributed by atoms with E-state index in [4.69, 9.17) is 12.2 Å². The Morgan fingerprint density at radius 3 is 2.52 bits per heavy atom. The third-order valence-corrected chi connectivity index (χ3v) is 6.94. The molecule has 2 aromatic carbocycles. The standard InChI is InChI=1S/C27H27N5S/c1-2-11-32-15-18(12-17-13-28-23-9-5-3-7-19(17)23)25-22(16-32)26(31-27(33)30-25)21-14-29-24-10-6-4-8-20(21)24/h3-10,12-14,26,28-29H,2,11,15-16H2,1H3,(H2,30,31,33)/b18-12-. The second-order valence-corrected chi connectivity index (χ2v) is 9.30. The zero-order valence-electron chi connectivity index (χ0n) is 18.6. The number of benzene rings is 2. The first kappa shape index (κ1) is 20.3. The minimum Gasteiger partial charge on any atom is -0.361 e. The Morgan fingerprint density at radius 1 is 0.970 bits per heavy atom. The van der Waals surface area contributed by atoms with Crippen molar-refractivity contribution >= 4 is 45.2 Å². The Hall–Kier alpha value is -3.35. The molecule has 0 aliphatic carbocycles. The molecule has 0 saturated carbocycles. The average Bonchev–Trinajstić information content (AvgIpc) is 3.44. The molecule has 0 fully saturated rings. The lowest BCUT2D eigenvalue weighted by molar-refractivity contribution is 0.301. The molecule has 1 unspecified atom stereocenters. The molecule has 4 N–H and O–H groups in total. The molecular formula is C27H27N5S. The first-order chi connectivity index (χ1) is 16.2. The summed E-state index contributed by atoms with van der Waals surface area (Å²) in [6.07, 6.45) is 7.68. The molecule has 0 saturated heterocycles. The van der Waals surface area contributed by atoms with E-state index in [1.54, 1.807) is 0 Å². The molecule has 0 spiro atoms. The molecule has 2 aliphatic heterocycles. The predicted molar refractivity (Wildman–Crippen MR) is 140 cm³/mol. The van der Waals surface area contributed by atoms with E-state index < -0.39 is 0 Å². The zero-order chi connectivity index (χ0) is 22.4. The van der Waals surface area contributed by atoms with Gasteiger partial charge in [0, 0.05) is 64.1 Å². The number of rotatable bonds is 4. The molecule has 33 heavy (non-hydrogen) atoms. The summed E-state index contributed by atoms with van der Waals surface area (Å²) in [5.41, 5.74) is 8.56. The maximum atomic E-state index is 5.69. The predicted octanol–water partition coefficient (Wildman–Crippen LogP) is 5.23. The molecule has 6 rings (SSSR count). The van der Waals surface area contributed by atoms with Gasteiger partial charge in [-0.1, -0.05) is 43.3 Å². The van der Waals surface area contributed by atoms with Crippen LogP contribution in [-0.4, -0.2) is 39.6 Å². The van der Waals surface area contributed by atoms with Crippen LogP contribution in [0.1, 0.15) is 30.5 Å². The van der Waals surface area contributed by atoms with Gasteiger partial charge in [-0.2, -0.15) is 0 Å². The first-order valence-electron chi connectivity index (χ1n) is 11.6. The quantitative estimate of drug-likeness (QED) is 0.320. The van der Waals surface area contributed by atoms with Gasteiger partial charge in [0.2, 0.25) is 0 Å². The third-order valence-electron chi connectivity index (χ3n) is 6.72. The summed E-state index contributed by atoms with van der Waals surface area (Å²) >= 11 is 5.69. The highest BCUT2D eigenvalue weighted by Gasteiger charge is 2.34. The fraction of sp³-hybridized carbons (Fsp3) is 0.222. The Labute approximate surface area is 198 Å². The van der Waals surface area contributed by atoms with Gasteiger partial charge in [0.05, 0.1) is 6.04 Å². The van der Waals surface area contributed by atoms with Gasteiger partial charge in [-0.25, -0.2) is 0 Å². The van der Waals surface area contributed by atoms with Crippen LogP contribution >= 0.6 is 12.2 Å². The van der Waals surface area contributed by atoms with Crippen LogP contribution in [0.5, 0.6) is 0 Å². The van der Waals surface area contributed by atoms with Gasteiger partial charge < -0.3 is 20.6 Å². The van der Waals surface area contributed by atoms with E-state index in [1.165, 1.54) is 38.7 Å². The average molecular weight is 454 g/mol. The molecule has 0 radical (unpaired) electrons. The smallest absolute Gasteiger partial charge is 0.171 e. The summed E-state index contributed by atoms with van der Waals surface area (Å²) in [6.45, 7) is 5.13. The van der Waals surface area contributed by atoms with Crippen LogP contribution in [0.4, 0.5) is 0 Å². The molecule has 4 aromatic rings. The van der Waals surface area contributed by atoms with Crippen molar-refractivity contribution in [3.63, 3.8) is 0 Å². The summed E-state index contributed by atoms with van der Waals surface area (Å²) in [5, 5.41) is 10.2. The van der Waals surface area contributed by atoms with Gasteiger partial charge >= 0.3 is 0 Å². The highest BCUT2D eigenvalue weighted by Crippen LogP contribution is 2.37. The summed E-state index contributed by atoms with van der Waals surface area (Å²) < 4.78 is 0. The number of aromatic amines is 2. The van der Waals surface area contributed by atoms with E-state index in [0.717, 1.165) is 37.1 Å². The Balaban J connectivity index is 1.50. The molecule has 5 nitrogen and oxygen atoms in total. The molecule has 1 atom stereocenters. The van der Waals surface area contributed by atoms with Gasteiger partial charge in [0.25, 0.3) is 0 Å². The van der Waals surface area contributed by atoms with E-state index in [0.29, 0.717) is 5.11 Å². The normalized spacial score (nSPS) is 20.3. The highest BCUT2D eigenvalue weighted by molar-refractivity contribution is 7.80. The van der Waals surface area contributed by atoms with Gasteiger partial charge in [-0.3, -0.25) is 4.90 Å². The van der Waals surface area contributed by atoms with Crippen molar-refractivity contribution in [3.05, 3.63) is 88.9 Å². The molecule has 2 aromatic heterocycles. The number of para-hydroxylation sites is 2. The van der Waals surface area contributed by atoms with Gasteiger partial charge in [0.15, 0.2) is 5.11 Å². The van der Waals surface area contributed by atoms with Crippen molar-refractivity contribution in [2.45, 2.75) is 19.4 Å². The first-order valence-corrected chi connectivity index (χ1v) is 12.0. The minimum atomic E-state index is 0.0379. The summed E-state index contributed by atoms with van der Waals surface area (Å²) in [7, 11) is 0. The lowest BCUT2D eigenvalue weighted by Gasteiger charge is -2.40. The van der Waals surface area contributed by atoms with E-state index in [2.05, 4.69) is 99.4 Å². The number of nitrogens with one attached hydrogen (secondary N) is 4. The largest absolute Gasteiger partial charge is 0.361 e. The summed E-state index contributed by atoms with van der Waals surface area (Å²) in [5.74, 6) is 0. The Morgan fingerprint density at radius 2 is 1.70 bits per heavy atom. The number of fused-ring (bicyclic) bond motifs is 2. The molecule has 0 bridgehead atoms. The van der Waals surface area contributed by atoms with Crippen molar-refractivity contribution in [3.8, 4) is 0 Å². The van der Waals surface area contributed by atoms with Crippen molar-refractivity contribution in [1.29, 1.82) is 0 Å². The second-order valence-electron chi connectivity index (χ2n) is 8.89. The molecular weight excluding hydrogens is 426 g/mol. The van der Waals surface area contributed by atoms with Crippen LogP contribution in [0.3, 0.4) is 0 Å². The Kier molecular flexibility index (Phi) is 5.04. The lowest BCUT2D eigenvalue weighted by atomic mass is 9.88. The number of hydrogen-bond donors (Lipinski definition) is 4. The number of nitrogens with zero attached hydrogens (tertiary/aromatic N) is 1. The molecule has 2 aliphatic rings. The molecule has 4 heterocycles. The zero-order valence-corrected chi connectivity index (χ0v) is 19.4. The van der Waals surface area contributed by atoms with Crippen molar-refractivity contribution in [2.24, 2.45) is 0 Å². The van der Waals surface area contributed by atoms with Crippen molar-refractivity contribution in [2.75, 3.05) is 19.6 Å². The van der Waals surface area contributed by atoms with Crippen LogP contribution in [0, 0.1) is 0 Å². The lowest BCUT2D eigenvalue weighted by Crippen LogP contribution is -2.50. The third kappa shape index (κ3) is 3.56. The van der Waals surface area contributed by atoms with Gasteiger partial charge in [-0.05, 0) is 54.5 Å². The fourth-order valence-corrected chi connectivity index (χ4v) is 5.48. The number of H-pyrrole nitrogens is 2. The second kappa shape index (κ2) is 8.21. The Bertz CT molecular complexity index is 1420. The number of aromatic nitrogens is 2. The SMILES string of the molecule is CCCN1CC2=C(NC(=S)NC2c2c[nH]c3ccccc23)/C(=C\c2c[nH]c3ccccc23)C1. The number of hydrogen-bond acceptors (Lipinski definition) is 2. The monoisotopic (exact) mass is 453 g/mol. The van der Waals surface area contributed by atoms with Gasteiger partial charge in [-0.15, -0.1) is 0 Å². The summed E-state index contributed by atoms with van der Waals surface area (Å²) in [6, 6.07) is 17.0. The van der Waals surface area contributed by atoms with Crippen molar-refractivity contribution < 1.29 is 0 Å². The molecule has 166 valence electrons. The topological polar surface area (TPSA) is 58.9 Å². The van der Waals surface area contributed by atoms with Crippen LogP contribution < -0.4 is 10.6 Å². The maximum absolute atomic E-state index is 5.69. The van der Waals surface area contributed by atoms with E-state index in [9.17, 15) is 0 Å². The van der Waals surface area contributed by atoms with E-state index >= 15 is 0 Å². The van der Waals surface area contributed by atoms with Crippen molar-refractivity contribution in [1.82, 2.24) is 25.5 Å². The van der Waals surface area contributed by atoms with Crippen LogP contribution in [-0.2, 0) is 0 Å². The maximum Gasteiger partial charge on any atom is 0.171 e. The summed E-state index contributed by atoms with van der Waals surface area (Å²) in [4.78, 5) is 9.39.